The molecule has 0 unspecified atom stereocenters. The largest absolute Gasteiger partial charge is 0.364 e. The van der Waals surface area contributed by atoms with E-state index in [-0.39, 0.29) is 17.8 Å². The molecule has 17 heavy (non-hydrogen) atoms. The molecule has 0 saturated heterocycles. The molecular weight excluding hydrogens is 230 g/mol. The van der Waals surface area contributed by atoms with Crippen molar-refractivity contribution in [2.75, 3.05) is 0 Å². The molecule has 0 radical (unpaired) electrons. The number of nitrogens with two attached hydrogens (primary N) is 1. The SMILES string of the molecule is NC(=O)c1cn(Cc2cc(F)ccc2F)nn1. The van der Waals surface area contributed by atoms with Crippen molar-refractivity contribution in [1.82, 2.24) is 15.0 Å². The van der Waals surface area contributed by atoms with Gasteiger partial charge in [-0.1, -0.05) is 5.21 Å². The van der Waals surface area contributed by atoms with E-state index in [4.69, 9.17) is 5.73 Å². The average Bonchev–Trinajstić information content (AvgIpc) is 2.72. The quantitative estimate of drug-likeness (QED) is 0.855. The lowest BCUT2D eigenvalue weighted by Gasteiger charge is -2.02. The molecule has 1 heterocycles. The van der Waals surface area contributed by atoms with Crippen LogP contribution in [0.5, 0.6) is 0 Å². The molecule has 88 valence electrons. The van der Waals surface area contributed by atoms with Gasteiger partial charge >= 0.3 is 0 Å². The molecule has 0 fully saturated rings. The van der Waals surface area contributed by atoms with Crippen LogP contribution in [0.15, 0.2) is 24.4 Å². The van der Waals surface area contributed by atoms with Crippen LogP contribution in [0.1, 0.15) is 16.1 Å². The summed E-state index contributed by atoms with van der Waals surface area (Å²) < 4.78 is 27.4. The Morgan fingerprint density at radius 3 is 2.82 bits per heavy atom. The summed E-state index contributed by atoms with van der Waals surface area (Å²) in [5.74, 6) is -1.82. The van der Waals surface area contributed by atoms with E-state index in [1.54, 1.807) is 0 Å². The summed E-state index contributed by atoms with van der Waals surface area (Å²) in [7, 11) is 0. The summed E-state index contributed by atoms with van der Waals surface area (Å²) in [5.41, 5.74) is 5.08. The predicted octanol–water partition coefficient (Wildman–Crippen LogP) is 0.704. The molecule has 2 N–H and O–H groups in total. The van der Waals surface area contributed by atoms with E-state index in [2.05, 4.69) is 10.3 Å². The molecular formula is C10H8F2N4O. The van der Waals surface area contributed by atoms with Gasteiger partial charge in [-0.3, -0.25) is 4.79 Å². The summed E-state index contributed by atoms with van der Waals surface area (Å²) in [4.78, 5) is 10.8. The van der Waals surface area contributed by atoms with Crippen molar-refractivity contribution in [3.8, 4) is 0 Å². The zero-order valence-electron chi connectivity index (χ0n) is 8.60. The van der Waals surface area contributed by atoms with Crippen LogP contribution >= 0.6 is 0 Å². The smallest absolute Gasteiger partial charge is 0.270 e. The maximum atomic E-state index is 13.3. The second kappa shape index (κ2) is 4.28. The number of hydrogen-bond donors (Lipinski definition) is 1. The maximum absolute atomic E-state index is 13.3. The average molecular weight is 238 g/mol. The Bertz CT molecular complexity index is 567. The van der Waals surface area contributed by atoms with Gasteiger partial charge in [0.1, 0.15) is 11.6 Å². The molecule has 5 nitrogen and oxygen atoms in total. The van der Waals surface area contributed by atoms with Crippen molar-refractivity contribution in [3.63, 3.8) is 0 Å². The van der Waals surface area contributed by atoms with Crippen LogP contribution in [-0.2, 0) is 6.54 Å². The van der Waals surface area contributed by atoms with Crippen molar-refractivity contribution in [2.24, 2.45) is 5.73 Å². The highest BCUT2D eigenvalue weighted by Crippen LogP contribution is 2.10. The summed E-state index contributed by atoms with van der Waals surface area (Å²) in [6, 6.07) is 3.10. The Labute approximate surface area is 94.8 Å². The Morgan fingerprint density at radius 1 is 1.41 bits per heavy atom. The second-order valence-electron chi connectivity index (χ2n) is 3.40. The van der Waals surface area contributed by atoms with E-state index < -0.39 is 17.5 Å². The third-order valence-corrected chi connectivity index (χ3v) is 2.13. The molecule has 2 aromatic rings. The highest BCUT2D eigenvalue weighted by Gasteiger charge is 2.09. The number of halogens is 2. The first-order valence-corrected chi connectivity index (χ1v) is 4.70. The molecule has 0 aliphatic carbocycles. The van der Waals surface area contributed by atoms with Gasteiger partial charge in [0.2, 0.25) is 0 Å². The fourth-order valence-electron chi connectivity index (χ4n) is 1.33. The zero-order chi connectivity index (χ0) is 12.4. The van der Waals surface area contributed by atoms with Crippen molar-refractivity contribution in [3.05, 3.63) is 47.3 Å². The lowest BCUT2D eigenvalue weighted by atomic mass is 10.2. The molecule has 0 aliphatic heterocycles. The minimum absolute atomic E-state index is 0.0239. The second-order valence-corrected chi connectivity index (χ2v) is 3.40. The van der Waals surface area contributed by atoms with Crippen molar-refractivity contribution >= 4 is 5.91 Å². The zero-order valence-corrected chi connectivity index (χ0v) is 8.60. The molecule has 1 aromatic heterocycles. The number of primary amides is 1. The lowest BCUT2D eigenvalue weighted by molar-refractivity contribution is 0.0995. The van der Waals surface area contributed by atoms with Gasteiger partial charge in [0, 0.05) is 5.56 Å². The Morgan fingerprint density at radius 2 is 2.18 bits per heavy atom. The van der Waals surface area contributed by atoms with Crippen LogP contribution in [0.4, 0.5) is 8.78 Å². The highest BCUT2D eigenvalue weighted by atomic mass is 19.1. The van der Waals surface area contributed by atoms with Crippen LogP contribution in [0.25, 0.3) is 0 Å². The Kier molecular flexibility index (Phi) is 2.82. The van der Waals surface area contributed by atoms with Gasteiger partial charge in [0.05, 0.1) is 12.7 Å². The summed E-state index contributed by atoms with van der Waals surface area (Å²) in [6.07, 6.45) is 1.27. The third kappa shape index (κ3) is 2.44. The fraction of sp³-hybridized carbons (Fsp3) is 0.100. The van der Waals surface area contributed by atoms with Gasteiger partial charge in [0.15, 0.2) is 5.69 Å². The molecule has 0 aliphatic rings. The van der Waals surface area contributed by atoms with Crippen LogP contribution in [0, 0.1) is 11.6 Å². The number of carbonyl (C=O) groups excluding carboxylic acids is 1. The third-order valence-electron chi connectivity index (χ3n) is 2.13. The van der Waals surface area contributed by atoms with E-state index in [9.17, 15) is 13.6 Å². The van der Waals surface area contributed by atoms with Crippen molar-refractivity contribution < 1.29 is 13.6 Å². The molecule has 1 aromatic carbocycles. The summed E-state index contributed by atoms with van der Waals surface area (Å²) >= 11 is 0. The van der Waals surface area contributed by atoms with Gasteiger partial charge in [-0.15, -0.1) is 5.10 Å². The van der Waals surface area contributed by atoms with Crippen LogP contribution in [-0.4, -0.2) is 20.9 Å². The monoisotopic (exact) mass is 238 g/mol. The van der Waals surface area contributed by atoms with E-state index >= 15 is 0 Å². The maximum Gasteiger partial charge on any atom is 0.270 e. The Balaban J connectivity index is 2.25. The van der Waals surface area contributed by atoms with E-state index in [1.807, 2.05) is 0 Å². The molecule has 1 amide bonds. The van der Waals surface area contributed by atoms with Crippen LogP contribution < -0.4 is 5.73 Å². The minimum atomic E-state index is -0.726. The van der Waals surface area contributed by atoms with Gasteiger partial charge in [-0.05, 0) is 18.2 Å². The molecule has 7 heteroatoms. The lowest BCUT2D eigenvalue weighted by Crippen LogP contribution is -2.11. The van der Waals surface area contributed by atoms with E-state index in [0.29, 0.717) is 0 Å². The number of aromatic nitrogens is 3. The molecule has 0 bridgehead atoms. The minimum Gasteiger partial charge on any atom is -0.364 e. The molecule has 2 rings (SSSR count). The normalized spacial score (nSPS) is 10.5. The highest BCUT2D eigenvalue weighted by molar-refractivity contribution is 5.90. The molecule has 0 spiro atoms. The van der Waals surface area contributed by atoms with Crippen LogP contribution in [0.3, 0.4) is 0 Å². The van der Waals surface area contributed by atoms with E-state index in [1.165, 1.54) is 10.9 Å². The topological polar surface area (TPSA) is 73.8 Å². The van der Waals surface area contributed by atoms with Gasteiger partial charge in [-0.25, -0.2) is 13.5 Å². The molecule has 0 saturated carbocycles. The first kappa shape index (κ1) is 11.2. The number of carbonyl (C=O) groups is 1. The van der Waals surface area contributed by atoms with E-state index in [0.717, 1.165) is 18.2 Å². The van der Waals surface area contributed by atoms with Crippen molar-refractivity contribution in [1.29, 1.82) is 0 Å². The first-order valence-electron chi connectivity index (χ1n) is 4.70. The summed E-state index contributed by atoms with van der Waals surface area (Å²) in [5, 5.41) is 7.07. The molecule has 0 atom stereocenters. The standard InChI is InChI=1S/C10H8F2N4O/c11-7-1-2-8(12)6(3-7)4-16-5-9(10(13)17)14-15-16/h1-3,5H,4H2,(H2,13,17). The number of amides is 1. The number of rotatable bonds is 3. The van der Waals surface area contributed by atoms with Gasteiger partial charge in [-0.2, -0.15) is 0 Å². The van der Waals surface area contributed by atoms with Gasteiger partial charge in [0.25, 0.3) is 5.91 Å². The predicted molar refractivity (Wildman–Crippen MR) is 54.0 cm³/mol. The first-order chi connectivity index (χ1) is 8.06. The van der Waals surface area contributed by atoms with Gasteiger partial charge < -0.3 is 5.73 Å². The number of nitrogens with zero attached hydrogens (tertiary/aromatic N) is 3. The van der Waals surface area contributed by atoms with Crippen molar-refractivity contribution in [2.45, 2.75) is 6.54 Å². The van der Waals surface area contributed by atoms with Crippen LogP contribution in [0.2, 0.25) is 0 Å². The number of benzene rings is 1. The summed E-state index contributed by atoms with van der Waals surface area (Å²) in [6.45, 7) is -0.0239. The fourth-order valence-corrected chi connectivity index (χ4v) is 1.33. The Hall–Kier alpha value is -2.31. The number of hydrogen-bond acceptors (Lipinski definition) is 3.